The first-order valence-corrected chi connectivity index (χ1v) is 9.52. The quantitative estimate of drug-likeness (QED) is 0.511. The maximum atomic E-state index is 12.6. The Kier molecular flexibility index (Phi) is 4.24. The predicted molar refractivity (Wildman–Crippen MR) is 109 cm³/mol. The number of rotatable bonds is 4. The number of aromatic hydroxyl groups is 1. The van der Waals surface area contributed by atoms with Crippen molar-refractivity contribution in [3.8, 4) is 23.1 Å². The number of amides is 1. The molecule has 1 aromatic carbocycles. The van der Waals surface area contributed by atoms with Crippen LogP contribution in [0, 0.1) is 6.92 Å². The molecule has 0 radical (unpaired) electrons. The number of fused-ring (bicyclic) bond motifs is 2. The summed E-state index contributed by atoms with van der Waals surface area (Å²) < 4.78 is 13.7. The number of ether oxygens (including phenoxy) is 2. The monoisotopic (exact) mass is 421 g/mol. The van der Waals surface area contributed by atoms with Gasteiger partial charge in [0.2, 0.25) is 11.7 Å². The zero-order valence-electron chi connectivity index (χ0n) is 17.0. The number of nitrogens with zero attached hydrogens (tertiary/aromatic N) is 6. The van der Waals surface area contributed by atoms with Gasteiger partial charge < -0.3 is 19.9 Å². The highest BCUT2D eigenvalue weighted by Crippen LogP contribution is 2.44. The molecule has 5 rings (SSSR count). The zero-order valence-corrected chi connectivity index (χ0v) is 17.0. The Labute approximate surface area is 176 Å². The molecule has 11 heteroatoms. The number of carbonyl (C=O) groups is 1. The number of aryl methyl sites for hydroxylation is 1. The summed E-state index contributed by atoms with van der Waals surface area (Å²) in [7, 11) is 2.92. The van der Waals surface area contributed by atoms with Gasteiger partial charge in [0, 0.05) is 17.9 Å². The fourth-order valence-corrected chi connectivity index (χ4v) is 3.81. The topological polar surface area (TPSA) is 129 Å². The zero-order chi connectivity index (χ0) is 21.7. The summed E-state index contributed by atoms with van der Waals surface area (Å²) in [6, 6.07) is 6.95. The minimum absolute atomic E-state index is 0.0910. The SMILES string of the molecule is COc1cc([C@@H]2CC(=O)Nc3c2cnn3-c2ccc3nnc(C)n3n2)cc(OC)c1O. The lowest BCUT2D eigenvalue weighted by atomic mass is 9.87. The van der Waals surface area contributed by atoms with Gasteiger partial charge in [-0.15, -0.1) is 15.3 Å². The summed E-state index contributed by atoms with van der Waals surface area (Å²) in [4.78, 5) is 12.6. The maximum absolute atomic E-state index is 12.6. The van der Waals surface area contributed by atoms with Gasteiger partial charge in [-0.25, -0.2) is 0 Å². The fourth-order valence-electron chi connectivity index (χ4n) is 3.81. The molecule has 0 fully saturated rings. The lowest BCUT2D eigenvalue weighted by Gasteiger charge is -2.24. The number of hydrogen-bond donors (Lipinski definition) is 2. The van der Waals surface area contributed by atoms with Crippen molar-refractivity contribution in [2.24, 2.45) is 0 Å². The Morgan fingerprint density at radius 3 is 2.61 bits per heavy atom. The summed E-state index contributed by atoms with van der Waals surface area (Å²) in [5, 5.41) is 30.2. The van der Waals surface area contributed by atoms with E-state index in [1.165, 1.54) is 14.2 Å². The van der Waals surface area contributed by atoms with Crippen LogP contribution in [0.4, 0.5) is 5.82 Å². The molecule has 0 unspecified atom stereocenters. The number of phenols is 1. The van der Waals surface area contributed by atoms with Gasteiger partial charge in [-0.05, 0) is 36.8 Å². The summed E-state index contributed by atoms with van der Waals surface area (Å²) in [6.45, 7) is 1.80. The van der Waals surface area contributed by atoms with E-state index in [1.807, 2.05) is 0 Å². The van der Waals surface area contributed by atoms with Gasteiger partial charge in [0.15, 0.2) is 28.8 Å². The van der Waals surface area contributed by atoms with Crippen molar-refractivity contribution in [3.05, 3.63) is 47.4 Å². The molecule has 0 spiro atoms. The Balaban J connectivity index is 1.63. The highest BCUT2D eigenvalue weighted by molar-refractivity contribution is 5.94. The van der Waals surface area contributed by atoms with Crippen LogP contribution < -0.4 is 14.8 Å². The maximum Gasteiger partial charge on any atom is 0.226 e. The van der Waals surface area contributed by atoms with Crippen molar-refractivity contribution in [1.82, 2.24) is 29.6 Å². The van der Waals surface area contributed by atoms with Crippen LogP contribution in [0.25, 0.3) is 11.5 Å². The number of hydrogen-bond acceptors (Lipinski definition) is 8. The van der Waals surface area contributed by atoms with E-state index in [4.69, 9.17) is 9.47 Å². The number of carbonyl (C=O) groups excluding carboxylic acids is 1. The van der Waals surface area contributed by atoms with E-state index >= 15 is 0 Å². The molecule has 4 aromatic rings. The van der Waals surface area contributed by atoms with Gasteiger partial charge in [0.25, 0.3) is 0 Å². The van der Waals surface area contributed by atoms with Crippen molar-refractivity contribution >= 4 is 17.4 Å². The van der Waals surface area contributed by atoms with Gasteiger partial charge in [0.05, 0.1) is 20.4 Å². The summed E-state index contributed by atoms with van der Waals surface area (Å²) >= 11 is 0. The molecule has 4 heterocycles. The van der Waals surface area contributed by atoms with Crippen LogP contribution >= 0.6 is 0 Å². The standard InChI is InChI=1S/C20H19N7O4/c1-10-23-24-16-4-5-17(25-26(10)16)27-20-13(9-21-27)12(8-18(28)22-20)11-6-14(30-2)19(29)15(7-11)31-3/h4-7,9,12,29H,8H2,1-3H3,(H,22,28)/t12-/m0/s1. The third kappa shape index (κ3) is 2.93. The van der Waals surface area contributed by atoms with Crippen molar-refractivity contribution in [3.63, 3.8) is 0 Å². The molecular weight excluding hydrogens is 402 g/mol. The van der Waals surface area contributed by atoms with Gasteiger partial charge in [-0.1, -0.05) is 0 Å². The molecule has 0 bridgehead atoms. The minimum Gasteiger partial charge on any atom is -0.502 e. The molecule has 1 atom stereocenters. The number of benzene rings is 1. The first-order chi connectivity index (χ1) is 15.0. The first-order valence-electron chi connectivity index (χ1n) is 9.52. The smallest absolute Gasteiger partial charge is 0.226 e. The molecule has 0 saturated heterocycles. The molecule has 158 valence electrons. The van der Waals surface area contributed by atoms with Crippen LogP contribution in [-0.4, -0.2) is 54.8 Å². The van der Waals surface area contributed by atoms with E-state index in [0.29, 0.717) is 23.1 Å². The Bertz CT molecular complexity index is 1300. The molecule has 0 saturated carbocycles. The molecule has 2 N–H and O–H groups in total. The van der Waals surface area contributed by atoms with Crippen LogP contribution in [0.2, 0.25) is 0 Å². The third-order valence-electron chi connectivity index (χ3n) is 5.35. The number of aromatic nitrogens is 6. The molecule has 1 amide bonds. The number of methoxy groups -OCH3 is 2. The molecule has 11 nitrogen and oxygen atoms in total. The van der Waals surface area contributed by atoms with E-state index < -0.39 is 0 Å². The second kappa shape index (κ2) is 6.97. The minimum atomic E-state index is -0.304. The highest BCUT2D eigenvalue weighted by Gasteiger charge is 2.32. The van der Waals surface area contributed by atoms with E-state index in [0.717, 1.165) is 11.1 Å². The summed E-state index contributed by atoms with van der Waals surface area (Å²) in [5.41, 5.74) is 2.20. The normalized spacial score (nSPS) is 15.6. The van der Waals surface area contributed by atoms with Gasteiger partial charge in [-0.3, -0.25) is 4.79 Å². The Morgan fingerprint density at radius 2 is 1.90 bits per heavy atom. The molecule has 1 aliphatic heterocycles. The fraction of sp³-hybridized carbons (Fsp3) is 0.250. The lowest BCUT2D eigenvalue weighted by Crippen LogP contribution is -2.25. The molecule has 1 aliphatic rings. The summed E-state index contributed by atoms with van der Waals surface area (Å²) in [6.07, 6.45) is 1.92. The molecule has 0 aliphatic carbocycles. The number of anilines is 1. The second-order valence-corrected chi connectivity index (χ2v) is 7.15. The van der Waals surface area contributed by atoms with Crippen LogP contribution in [0.1, 0.15) is 29.3 Å². The van der Waals surface area contributed by atoms with Crippen LogP contribution in [0.5, 0.6) is 17.2 Å². The number of phenolic OH excluding ortho intramolecular Hbond substituents is 1. The van der Waals surface area contributed by atoms with E-state index in [2.05, 4.69) is 25.7 Å². The predicted octanol–water partition coefficient (Wildman–Crippen LogP) is 1.82. The lowest BCUT2D eigenvalue weighted by molar-refractivity contribution is -0.116. The van der Waals surface area contributed by atoms with Gasteiger partial charge >= 0.3 is 0 Å². The highest BCUT2D eigenvalue weighted by atomic mass is 16.5. The Morgan fingerprint density at radius 1 is 1.16 bits per heavy atom. The van der Waals surface area contributed by atoms with E-state index in [9.17, 15) is 9.90 Å². The average molecular weight is 421 g/mol. The van der Waals surface area contributed by atoms with E-state index in [1.54, 1.807) is 46.6 Å². The van der Waals surface area contributed by atoms with Crippen molar-refractivity contribution in [2.75, 3.05) is 19.5 Å². The molecular formula is C20H19N7O4. The van der Waals surface area contributed by atoms with Crippen LogP contribution in [-0.2, 0) is 4.79 Å². The van der Waals surface area contributed by atoms with Crippen molar-refractivity contribution in [1.29, 1.82) is 0 Å². The van der Waals surface area contributed by atoms with Crippen molar-refractivity contribution < 1.29 is 19.4 Å². The summed E-state index contributed by atoms with van der Waals surface area (Å²) in [5.74, 6) is 1.67. The molecule has 3 aromatic heterocycles. The number of nitrogens with one attached hydrogen (secondary N) is 1. The van der Waals surface area contributed by atoms with Gasteiger partial charge in [-0.2, -0.15) is 14.3 Å². The molecule has 31 heavy (non-hydrogen) atoms. The third-order valence-corrected chi connectivity index (χ3v) is 5.35. The Hall–Kier alpha value is -4.15. The van der Waals surface area contributed by atoms with Crippen LogP contribution in [0.3, 0.4) is 0 Å². The average Bonchev–Trinajstić information content (AvgIpc) is 3.36. The van der Waals surface area contributed by atoms with Crippen molar-refractivity contribution in [2.45, 2.75) is 19.3 Å². The van der Waals surface area contributed by atoms with E-state index in [-0.39, 0.29) is 35.5 Å². The van der Waals surface area contributed by atoms with Gasteiger partial charge in [0.1, 0.15) is 5.82 Å². The first kappa shape index (κ1) is 18.9. The second-order valence-electron chi connectivity index (χ2n) is 7.15. The van der Waals surface area contributed by atoms with Crippen LogP contribution in [0.15, 0.2) is 30.5 Å². The largest absolute Gasteiger partial charge is 0.502 e.